The highest BCUT2D eigenvalue weighted by atomic mass is 32.2. The summed E-state index contributed by atoms with van der Waals surface area (Å²) in [6.45, 7) is 2.37. The summed E-state index contributed by atoms with van der Waals surface area (Å²) in [6.07, 6.45) is 7.38. The van der Waals surface area contributed by atoms with Crippen molar-refractivity contribution in [3.8, 4) is 0 Å². The number of hydrogen-bond acceptors (Lipinski definition) is 3. The number of thioether (sulfide) groups is 1. The third-order valence-corrected chi connectivity index (χ3v) is 4.62. The molecule has 1 fully saturated rings. The number of nitrogens with two attached hydrogens (primary N) is 1. The van der Waals surface area contributed by atoms with E-state index >= 15 is 0 Å². The minimum Gasteiger partial charge on any atom is -0.384 e. The molecule has 0 spiro atoms. The Morgan fingerprint density at radius 1 is 1.50 bits per heavy atom. The second-order valence-corrected chi connectivity index (χ2v) is 6.08. The van der Waals surface area contributed by atoms with E-state index in [0.29, 0.717) is 5.82 Å². The Hall–Kier alpha value is -0.700. The van der Waals surface area contributed by atoms with Crippen molar-refractivity contribution in [3.05, 3.63) is 23.9 Å². The molecule has 2 N–H and O–H groups in total. The van der Waals surface area contributed by atoms with E-state index in [4.69, 9.17) is 5.73 Å². The summed E-state index contributed by atoms with van der Waals surface area (Å²) in [6, 6.07) is 4.05. The van der Waals surface area contributed by atoms with Gasteiger partial charge in [-0.2, -0.15) is 11.8 Å². The molecule has 0 aliphatic heterocycles. The normalized spacial score (nSPS) is 25.6. The lowest BCUT2D eigenvalue weighted by Crippen LogP contribution is -2.15. The number of nitrogens with zero attached hydrogens (tertiary/aromatic N) is 1. The van der Waals surface area contributed by atoms with E-state index in [9.17, 15) is 0 Å². The molecule has 0 aromatic carbocycles. The van der Waals surface area contributed by atoms with Crippen molar-refractivity contribution in [2.24, 2.45) is 5.92 Å². The van der Waals surface area contributed by atoms with E-state index in [1.165, 1.54) is 31.2 Å². The number of pyridine rings is 1. The molecule has 1 saturated carbocycles. The fourth-order valence-corrected chi connectivity index (χ4v) is 3.73. The van der Waals surface area contributed by atoms with Crippen LogP contribution in [0.25, 0.3) is 0 Å². The minimum atomic E-state index is 0.634. The maximum atomic E-state index is 5.67. The molecule has 0 radical (unpaired) electrons. The number of nitrogen functional groups attached to an aromatic ring is 1. The molecule has 88 valence electrons. The average Bonchev–Trinajstić information content (AvgIpc) is 2.27. The third kappa shape index (κ3) is 3.41. The first kappa shape index (κ1) is 11.8. The van der Waals surface area contributed by atoms with Gasteiger partial charge in [-0.05, 0) is 36.5 Å². The van der Waals surface area contributed by atoms with Gasteiger partial charge in [0, 0.05) is 17.2 Å². The van der Waals surface area contributed by atoms with Crippen LogP contribution in [0.15, 0.2) is 18.3 Å². The fraction of sp³-hybridized carbons (Fsp3) is 0.615. The largest absolute Gasteiger partial charge is 0.384 e. The summed E-state index contributed by atoms with van der Waals surface area (Å²) in [5.74, 6) is 2.62. The monoisotopic (exact) mass is 236 g/mol. The van der Waals surface area contributed by atoms with E-state index in [1.54, 1.807) is 6.20 Å². The molecule has 1 aliphatic carbocycles. The second kappa shape index (κ2) is 5.58. The maximum Gasteiger partial charge on any atom is 0.123 e. The van der Waals surface area contributed by atoms with Crippen LogP contribution >= 0.6 is 11.8 Å². The summed E-state index contributed by atoms with van der Waals surface area (Å²) in [4.78, 5) is 4.02. The quantitative estimate of drug-likeness (QED) is 0.873. The zero-order valence-electron chi connectivity index (χ0n) is 9.86. The van der Waals surface area contributed by atoms with Crippen LogP contribution in [0.1, 0.15) is 38.2 Å². The van der Waals surface area contributed by atoms with Gasteiger partial charge in [-0.25, -0.2) is 4.98 Å². The van der Waals surface area contributed by atoms with Gasteiger partial charge in [-0.3, -0.25) is 0 Å². The number of rotatable bonds is 3. The predicted molar refractivity (Wildman–Crippen MR) is 71.4 cm³/mol. The van der Waals surface area contributed by atoms with Crippen LogP contribution in [0, 0.1) is 5.92 Å². The van der Waals surface area contributed by atoms with Gasteiger partial charge in [0.1, 0.15) is 5.82 Å². The van der Waals surface area contributed by atoms with Gasteiger partial charge in [0.15, 0.2) is 0 Å². The van der Waals surface area contributed by atoms with E-state index < -0.39 is 0 Å². The molecule has 0 saturated heterocycles. The van der Waals surface area contributed by atoms with Crippen molar-refractivity contribution in [2.45, 2.75) is 43.6 Å². The molecule has 1 aliphatic rings. The lowest BCUT2D eigenvalue weighted by Gasteiger charge is -2.26. The molecule has 2 nitrogen and oxygen atoms in total. The molecule has 2 rings (SSSR count). The predicted octanol–water partition coefficient (Wildman–Crippen LogP) is 3.48. The second-order valence-electron chi connectivity index (χ2n) is 4.79. The van der Waals surface area contributed by atoms with Crippen LogP contribution in [0.4, 0.5) is 5.82 Å². The molecule has 1 aromatic rings. The van der Waals surface area contributed by atoms with Gasteiger partial charge in [0.25, 0.3) is 0 Å². The zero-order valence-corrected chi connectivity index (χ0v) is 10.7. The number of aromatic nitrogens is 1. The topological polar surface area (TPSA) is 38.9 Å². The Balaban J connectivity index is 1.82. The van der Waals surface area contributed by atoms with E-state index in [2.05, 4.69) is 29.7 Å². The summed E-state index contributed by atoms with van der Waals surface area (Å²) >= 11 is 2.08. The van der Waals surface area contributed by atoms with Gasteiger partial charge in [-0.1, -0.05) is 19.8 Å². The van der Waals surface area contributed by atoms with Crippen molar-refractivity contribution in [1.82, 2.24) is 4.98 Å². The van der Waals surface area contributed by atoms with E-state index in [0.717, 1.165) is 16.9 Å². The van der Waals surface area contributed by atoms with E-state index in [-0.39, 0.29) is 0 Å². The molecule has 16 heavy (non-hydrogen) atoms. The first-order valence-corrected chi connectivity index (χ1v) is 7.11. The van der Waals surface area contributed by atoms with Crippen molar-refractivity contribution in [2.75, 3.05) is 5.73 Å². The van der Waals surface area contributed by atoms with Crippen LogP contribution in [-0.4, -0.2) is 10.2 Å². The van der Waals surface area contributed by atoms with Gasteiger partial charge < -0.3 is 5.73 Å². The maximum absolute atomic E-state index is 5.67. The highest BCUT2D eigenvalue weighted by molar-refractivity contribution is 7.99. The first-order chi connectivity index (χ1) is 7.74. The molecule has 2 unspecified atom stereocenters. The van der Waals surface area contributed by atoms with Gasteiger partial charge in [0.05, 0.1) is 0 Å². The fourth-order valence-electron chi connectivity index (χ4n) is 2.33. The number of anilines is 1. The lowest BCUT2D eigenvalue weighted by molar-refractivity contribution is 0.394. The highest BCUT2D eigenvalue weighted by Gasteiger charge is 2.18. The van der Waals surface area contributed by atoms with Crippen molar-refractivity contribution < 1.29 is 0 Å². The van der Waals surface area contributed by atoms with Crippen LogP contribution in [0.3, 0.4) is 0 Å². The van der Waals surface area contributed by atoms with Crippen LogP contribution in [0.2, 0.25) is 0 Å². The third-order valence-electron chi connectivity index (χ3n) is 3.22. The van der Waals surface area contributed by atoms with Crippen LogP contribution in [0.5, 0.6) is 0 Å². The van der Waals surface area contributed by atoms with Crippen LogP contribution in [-0.2, 0) is 5.75 Å². The van der Waals surface area contributed by atoms with Crippen molar-refractivity contribution in [3.63, 3.8) is 0 Å². The lowest BCUT2D eigenvalue weighted by atomic mass is 9.91. The molecule has 0 bridgehead atoms. The van der Waals surface area contributed by atoms with Crippen LogP contribution < -0.4 is 5.73 Å². The Bertz CT molecular complexity index is 340. The first-order valence-electron chi connectivity index (χ1n) is 6.06. The Morgan fingerprint density at radius 3 is 3.12 bits per heavy atom. The summed E-state index contributed by atoms with van der Waals surface area (Å²) < 4.78 is 0. The Kier molecular flexibility index (Phi) is 4.10. The molecule has 1 aromatic heterocycles. The van der Waals surface area contributed by atoms with Crippen molar-refractivity contribution >= 4 is 17.6 Å². The van der Waals surface area contributed by atoms with Gasteiger partial charge in [0.2, 0.25) is 0 Å². The summed E-state index contributed by atoms with van der Waals surface area (Å²) in [5.41, 5.74) is 6.97. The molecule has 1 heterocycles. The smallest absolute Gasteiger partial charge is 0.123 e. The Labute approximate surface area is 102 Å². The summed E-state index contributed by atoms with van der Waals surface area (Å²) in [5, 5.41) is 0.845. The van der Waals surface area contributed by atoms with E-state index in [1.807, 2.05) is 6.07 Å². The van der Waals surface area contributed by atoms with Gasteiger partial charge >= 0.3 is 0 Å². The molecular weight excluding hydrogens is 216 g/mol. The molecule has 3 heteroatoms. The van der Waals surface area contributed by atoms with Gasteiger partial charge in [-0.15, -0.1) is 0 Å². The highest BCUT2D eigenvalue weighted by Crippen LogP contribution is 2.33. The van der Waals surface area contributed by atoms with Crippen molar-refractivity contribution in [1.29, 1.82) is 0 Å². The molecule has 2 atom stereocenters. The Morgan fingerprint density at radius 2 is 2.38 bits per heavy atom. The molecular formula is C13H20N2S. The molecule has 0 amide bonds. The average molecular weight is 236 g/mol. The zero-order chi connectivity index (χ0) is 11.4. The minimum absolute atomic E-state index is 0.634. The summed E-state index contributed by atoms with van der Waals surface area (Å²) in [7, 11) is 0. The SMILES string of the molecule is CC1CCCC(SCc2ccnc(N)c2)C1. The number of hydrogen-bond donors (Lipinski definition) is 1. The standard InChI is InChI=1S/C13H20N2S/c1-10-3-2-4-12(7-10)16-9-11-5-6-15-13(14)8-11/h5-6,8,10,12H,2-4,7,9H2,1H3,(H2,14,15).